The zero-order chi connectivity index (χ0) is 30.8. The van der Waals surface area contributed by atoms with Crippen LogP contribution in [0.5, 0.6) is 0 Å². The van der Waals surface area contributed by atoms with Crippen LogP contribution >= 0.6 is 21.6 Å². The van der Waals surface area contributed by atoms with Crippen LogP contribution in [-0.2, 0) is 12.8 Å². The molecule has 6 rings (SSSR count). The van der Waals surface area contributed by atoms with Crippen LogP contribution in [-0.4, -0.2) is 60.0 Å². The molecule has 0 unspecified atom stereocenters. The van der Waals surface area contributed by atoms with Gasteiger partial charge >= 0.3 is 0 Å². The second-order valence-corrected chi connectivity index (χ2v) is 12.8. The molecular weight excluding hydrogens is 593 g/mol. The maximum atomic E-state index is 4.84. The zero-order valence-corrected chi connectivity index (χ0v) is 27.2. The minimum Gasteiger partial charge on any atom is -0.225 e. The van der Waals surface area contributed by atoms with Gasteiger partial charge < -0.3 is 0 Å². The topological polar surface area (TPSA) is 123 Å². The lowest BCUT2D eigenvalue weighted by atomic mass is 10.1. The Morgan fingerprint density at radius 2 is 1.02 bits per heavy atom. The van der Waals surface area contributed by atoms with Gasteiger partial charge in [-0.3, -0.25) is 0 Å². The summed E-state index contributed by atoms with van der Waals surface area (Å²) in [4.78, 5) is 3.24. The first-order valence-electron chi connectivity index (χ1n) is 14.7. The van der Waals surface area contributed by atoms with Crippen molar-refractivity contribution in [2.75, 3.05) is 0 Å². The van der Waals surface area contributed by atoms with Crippen LogP contribution < -0.4 is 0 Å². The molecule has 0 atom stereocenters. The fourth-order valence-electron chi connectivity index (χ4n) is 4.70. The molecule has 0 fully saturated rings. The molecule has 0 aliphatic rings. The predicted octanol–water partition coefficient (Wildman–Crippen LogP) is 6.45. The van der Waals surface area contributed by atoms with Gasteiger partial charge in [-0.2, -0.15) is 19.8 Å². The lowest BCUT2D eigenvalue weighted by Crippen LogP contribution is -2.05. The van der Waals surface area contributed by atoms with Crippen LogP contribution in [0.25, 0.3) is 34.2 Å². The van der Waals surface area contributed by atoms with Gasteiger partial charge in [0.05, 0.1) is 47.0 Å². The van der Waals surface area contributed by atoms with Crippen molar-refractivity contribution in [1.29, 1.82) is 0 Å². The van der Waals surface area contributed by atoms with E-state index < -0.39 is 0 Å². The highest BCUT2D eigenvalue weighted by atomic mass is 33.1. The molecule has 6 aromatic rings. The zero-order valence-electron chi connectivity index (χ0n) is 25.5. The van der Waals surface area contributed by atoms with E-state index in [-0.39, 0.29) is 12.1 Å². The van der Waals surface area contributed by atoms with Crippen molar-refractivity contribution in [3.63, 3.8) is 0 Å². The Morgan fingerprint density at radius 3 is 1.39 bits per heavy atom. The maximum Gasteiger partial charge on any atom is 0.209 e. The molecule has 0 aliphatic heterocycles. The second-order valence-electron chi connectivity index (χ2n) is 10.7. The van der Waals surface area contributed by atoms with Crippen molar-refractivity contribution in [3.05, 3.63) is 72.1 Å². The van der Waals surface area contributed by atoms with Crippen molar-refractivity contribution in [2.45, 2.75) is 76.5 Å². The molecule has 12 nitrogen and oxygen atoms in total. The normalized spacial score (nSPS) is 11.7. The van der Waals surface area contributed by atoms with Crippen molar-refractivity contribution in [2.24, 2.45) is 0 Å². The number of rotatable bonds is 11. The molecule has 44 heavy (non-hydrogen) atoms. The Hall–Kier alpha value is -4.30. The van der Waals surface area contributed by atoms with Gasteiger partial charge in [0.15, 0.2) is 0 Å². The highest BCUT2D eigenvalue weighted by molar-refractivity contribution is 8.76. The molecule has 226 valence electrons. The molecule has 0 saturated heterocycles. The third-order valence-corrected chi connectivity index (χ3v) is 9.50. The lowest BCUT2D eigenvalue weighted by molar-refractivity contribution is 0.455. The molecule has 0 N–H and O–H groups in total. The molecule has 4 heterocycles. The van der Waals surface area contributed by atoms with E-state index in [1.807, 2.05) is 61.6 Å². The van der Waals surface area contributed by atoms with Gasteiger partial charge in [0, 0.05) is 0 Å². The monoisotopic (exact) mass is 626 g/mol. The number of aromatic nitrogens is 12. The molecule has 2 aromatic carbocycles. The summed E-state index contributed by atoms with van der Waals surface area (Å²) in [7, 11) is 3.13. The predicted molar refractivity (Wildman–Crippen MR) is 172 cm³/mol. The Morgan fingerprint density at radius 1 is 0.614 bits per heavy atom. The van der Waals surface area contributed by atoms with Crippen molar-refractivity contribution >= 4 is 21.6 Å². The molecular formula is C30H34N12S2. The van der Waals surface area contributed by atoms with E-state index in [2.05, 4.69) is 81.1 Å². The summed E-state index contributed by atoms with van der Waals surface area (Å²) in [6.07, 6.45) is 5.37. The fourth-order valence-corrected chi connectivity index (χ4v) is 7.19. The van der Waals surface area contributed by atoms with Gasteiger partial charge in [0.2, 0.25) is 11.6 Å². The Bertz CT molecular complexity index is 1740. The number of nitrogens with zero attached hydrogens (tertiary/aromatic N) is 12. The summed E-state index contributed by atoms with van der Waals surface area (Å²) in [5, 5.41) is 38.1. The van der Waals surface area contributed by atoms with Crippen LogP contribution in [0.1, 0.15) is 64.8 Å². The smallest absolute Gasteiger partial charge is 0.209 e. The van der Waals surface area contributed by atoms with Gasteiger partial charge in [0.25, 0.3) is 0 Å². The maximum absolute atomic E-state index is 4.84. The quantitative estimate of drug-likeness (QED) is 0.148. The van der Waals surface area contributed by atoms with Crippen LogP contribution in [0.2, 0.25) is 0 Å². The minimum absolute atomic E-state index is 0.0832. The van der Waals surface area contributed by atoms with Crippen molar-refractivity contribution in [3.8, 4) is 34.2 Å². The molecule has 0 bridgehead atoms. The lowest BCUT2D eigenvalue weighted by Gasteiger charge is -2.14. The third-order valence-electron chi connectivity index (χ3n) is 7.11. The van der Waals surface area contributed by atoms with Gasteiger partial charge in [-0.15, -0.1) is 20.4 Å². The van der Waals surface area contributed by atoms with Gasteiger partial charge in [-0.25, -0.2) is 9.36 Å². The van der Waals surface area contributed by atoms with E-state index in [0.29, 0.717) is 11.6 Å². The summed E-state index contributed by atoms with van der Waals surface area (Å²) in [6.45, 7) is 12.4. The highest BCUT2D eigenvalue weighted by Crippen LogP contribution is 2.46. The van der Waals surface area contributed by atoms with Crippen LogP contribution in [0.3, 0.4) is 0 Å². The number of tetrazole rings is 2. The minimum atomic E-state index is 0.0832. The summed E-state index contributed by atoms with van der Waals surface area (Å²) in [5.41, 5.74) is 5.98. The number of hydrogen-bond donors (Lipinski definition) is 0. The molecule has 0 amide bonds. The second kappa shape index (κ2) is 12.7. The number of benzene rings is 2. The van der Waals surface area contributed by atoms with E-state index in [0.717, 1.165) is 45.4 Å². The summed E-state index contributed by atoms with van der Waals surface area (Å²) in [6, 6.07) is 16.8. The fraction of sp³-hybridized carbons (Fsp3) is 0.333. The molecule has 0 aliphatic carbocycles. The Balaban J connectivity index is 1.48. The highest BCUT2D eigenvalue weighted by Gasteiger charge is 2.25. The molecule has 0 radical (unpaired) electrons. The first-order valence-corrected chi connectivity index (χ1v) is 16.8. The number of para-hydroxylation sites is 2. The van der Waals surface area contributed by atoms with Crippen molar-refractivity contribution < 1.29 is 0 Å². The molecule has 0 saturated carbocycles. The third kappa shape index (κ3) is 5.66. The van der Waals surface area contributed by atoms with Gasteiger partial charge in [0.1, 0.15) is 10.1 Å². The van der Waals surface area contributed by atoms with E-state index in [1.54, 1.807) is 31.2 Å². The van der Waals surface area contributed by atoms with Gasteiger partial charge in [-0.1, -0.05) is 50.2 Å². The Kier molecular flexibility index (Phi) is 8.62. The number of hydrogen-bond acceptors (Lipinski definition) is 10. The summed E-state index contributed by atoms with van der Waals surface area (Å²) >= 11 is 0. The standard InChI is InChI=1S/C30H34N12S2/c1-7-21-13-9-11-15-25(21)39-29(23(17-31-39)27-33-37-41(35-27)19(3)4)43-44-30-24(28-34-38-42(36-28)20(5)6)18-32-40(30)26-16-12-10-14-22(26)8-2/h9-20H,7-8H2,1-6H3. The average Bonchev–Trinajstić information content (AvgIpc) is 3.85. The number of aryl methyl sites for hydroxylation is 2. The summed E-state index contributed by atoms with van der Waals surface area (Å²) < 4.78 is 3.94. The molecule has 4 aromatic heterocycles. The van der Waals surface area contributed by atoms with Crippen LogP contribution in [0.4, 0.5) is 0 Å². The van der Waals surface area contributed by atoms with Crippen LogP contribution in [0, 0.1) is 0 Å². The van der Waals surface area contributed by atoms with E-state index in [9.17, 15) is 0 Å². The van der Waals surface area contributed by atoms with Crippen LogP contribution in [0.15, 0.2) is 71.0 Å². The first kappa shape index (κ1) is 29.8. The SMILES string of the molecule is CCc1ccccc1-n1ncc(-c2nnn(C(C)C)n2)c1SSc1c(-c2nnn(C(C)C)n2)cnn1-c1ccccc1CC. The largest absolute Gasteiger partial charge is 0.225 e. The first-order chi connectivity index (χ1) is 21.4. The van der Waals surface area contributed by atoms with E-state index in [1.165, 1.54) is 11.1 Å². The van der Waals surface area contributed by atoms with Gasteiger partial charge in [-0.05, 0) is 95.8 Å². The molecule has 0 spiro atoms. The summed E-state index contributed by atoms with van der Waals surface area (Å²) in [5.74, 6) is 1.04. The molecule has 14 heteroatoms. The Labute approximate surface area is 263 Å². The van der Waals surface area contributed by atoms with E-state index in [4.69, 9.17) is 10.2 Å². The van der Waals surface area contributed by atoms with E-state index >= 15 is 0 Å². The average molecular weight is 627 g/mol. The van der Waals surface area contributed by atoms with Crippen molar-refractivity contribution in [1.82, 2.24) is 60.0 Å².